The molecule has 1 N–H and O–H groups in total. The van der Waals surface area contributed by atoms with Gasteiger partial charge in [0.05, 0.1) is 0 Å². The van der Waals surface area contributed by atoms with Crippen molar-refractivity contribution in [2.45, 2.75) is 39.3 Å². The van der Waals surface area contributed by atoms with Crippen molar-refractivity contribution in [3.63, 3.8) is 0 Å². The van der Waals surface area contributed by atoms with Crippen molar-refractivity contribution in [2.75, 3.05) is 18.0 Å². The van der Waals surface area contributed by atoms with E-state index in [1.807, 2.05) is 12.1 Å². The third-order valence-electron chi connectivity index (χ3n) is 4.40. The maximum absolute atomic E-state index is 12.9. The van der Waals surface area contributed by atoms with E-state index < -0.39 is 6.10 Å². The summed E-state index contributed by atoms with van der Waals surface area (Å²) in [7, 11) is 0. The van der Waals surface area contributed by atoms with E-state index in [0.29, 0.717) is 29.3 Å². The topological polar surface area (TPSA) is 71.2 Å². The van der Waals surface area contributed by atoms with E-state index in [2.05, 4.69) is 23.7 Å². The number of aliphatic hydroxyl groups is 1. The SMILES string of the molecule is CC(C)CC(O)CN1CCCn2c1nc(-c1ccncc1)c([AsH2])c2=O. The van der Waals surface area contributed by atoms with Gasteiger partial charge in [-0.2, -0.15) is 0 Å². The van der Waals surface area contributed by atoms with Gasteiger partial charge < -0.3 is 0 Å². The van der Waals surface area contributed by atoms with Crippen LogP contribution in [0.3, 0.4) is 0 Å². The van der Waals surface area contributed by atoms with E-state index in [0.717, 1.165) is 30.6 Å². The van der Waals surface area contributed by atoms with Gasteiger partial charge in [0, 0.05) is 0 Å². The minimum atomic E-state index is -0.418. The molecular formula is C18H25AsN4O2. The summed E-state index contributed by atoms with van der Waals surface area (Å²) < 4.78 is 2.47. The van der Waals surface area contributed by atoms with Crippen LogP contribution >= 0.6 is 0 Å². The first-order valence-electron chi connectivity index (χ1n) is 8.71. The molecule has 2 aromatic rings. The molecule has 25 heavy (non-hydrogen) atoms. The van der Waals surface area contributed by atoms with Crippen LogP contribution in [0.1, 0.15) is 26.7 Å². The van der Waals surface area contributed by atoms with Gasteiger partial charge in [0.15, 0.2) is 0 Å². The van der Waals surface area contributed by atoms with Gasteiger partial charge in [-0.3, -0.25) is 0 Å². The summed E-state index contributed by atoms with van der Waals surface area (Å²) in [5.74, 6) is 1.11. The number of rotatable bonds is 5. The van der Waals surface area contributed by atoms with Crippen molar-refractivity contribution in [2.24, 2.45) is 5.92 Å². The Kier molecular flexibility index (Phi) is 5.60. The number of fused-ring (bicyclic) bond motifs is 1. The molecule has 1 aliphatic rings. The van der Waals surface area contributed by atoms with Gasteiger partial charge in [-0.15, -0.1) is 0 Å². The second-order valence-corrected chi connectivity index (χ2v) is 8.16. The van der Waals surface area contributed by atoms with Crippen LogP contribution in [-0.2, 0) is 6.54 Å². The first-order valence-corrected chi connectivity index (χ1v) is 9.92. The molecule has 2 aromatic heterocycles. The molecule has 0 bridgehead atoms. The van der Waals surface area contributed by atoms with Crippen molar-refractivity contribution in [3.05, 3.63) is 34.9 Å². The monoisotopic (exact) mass is 404 g/mol. The van der Waals surface area contributed by atoms with Crippen molar-refractivity contribution in [1.82, 2.24) is 14.5 Å². The summed E-state index contributed by atoms with van der Waals surface area (Å²) in [6, 6.07) is 3.76. The molecule has 0 radical (unpaired) electrons. The van der Waals surface area contributed by atoms with Crippen LogP contribution in [0.15, 0.2) is 29.3 Å². The van der Waals surface area contributed by atoms with Gasteiger partial charge in [-0.1, -0.05) is 0 Å². The minimum absolute atomic E-state index is 0.0276. The summed E-state index contributed by atoms with van der Waals surface area (Å²) >= 11 is 1.29. The van der Waals surface area contributed by atoms with E-state index >= 15 is 0 Å². The van der Waals surface area contributed by atoms with Gasteiger partial charge in [0.25, 0.3) is 0 Å². The average Bonchev–Trinajstić information content (AvgIpc) is 2.58. The number of anilines is 1. The first-order chi connectivity index (χ1) is 12.0. The molecule has 3 rings (SSSR count). The van der Waals surface area contributed by atoms with Crippen LogP contribution in [-0.4, -0.2) is 55.7 Å². The van der Waals surface area contributed by atoms with Crippen LogP contribution in [0, 0.1) is 5.92 Å². The van der Waals surface area contributed by atoms with E-state index in [1.165, 1.54) is 16.9 Å². The van der Waals surface area contributed by atoms with Gasteiger partial charge >= 0.3 is 156 Å². The fourth-order valence-electron chi connectivity index (χ4n) is 3.30. The Morgan fingerprint density at radius 2 is 2.00 bits per heavy atom. The maximum atomic E-state index is 12.9. The van der Waals surface area contributed by atoms with Crippen LogP contribution in [0.2, 0.25) is 0 Å². The molecule has 2 unspecified atom stereocenters. The molecule has 1 aliphatic heterocycles. The van der Waals surface area contributed by atoms with Crippen LogP contribution < -0.4 is 14.8 Å². The molecule has 134 valence electrons. The Bertz CT molecular complexity index is 792. The van der Waals surface area contributed by atoms with Gasteiger partial charge in [0.2, 0.25) is 0 Å². The Balaban J connectivity index is 2.00. The summed E-state index contributed by atoms with van der Waals surface area (Å²) in [6.07, 6.45) is 4.64. The third-order valence-corrected chi connectivity index (χ3v) is 5.50. The summed E-state index contributed by atoms with van der Waals surface area (Å²) in [6.45, 7) is 6.21. The fourth-order valence-corrected chi connectivity index (χ4v) is 4.11. The number of β-amino-alcohol motifs (C(OH)–C–C–N with tert-alkyl or cyclic N) is 1. The summed E-state index contributed by atoms with van der Waals surface area (Å²) in [4.78, 5) is 23.8. The van der Waals surface area contributed by atoms with Gasteiger partial charge in [0.1, 0.15) is 0 Å². The van der Waals surface area contributed by atoms with Crippen LogP contribution in [0.4, 0.5) is 5.95 Å². The number of pyridine rings is 1. The predicted molar refractivity (Wildman–Crippen MR) is 102 cm³/mol. The molecule has 0 aliphatic carbocycles. The standard InChI is InChI=1S/C18H25AsN4O2/c1-12(2)10-14(24)11-22-8-3-9-23-17(25)15(19)16(21-18(22)23)13-4-6-20-7-5-13/h4-7,12,14,24H,3,8-11,19H2,1-2H3. The predicted octanol–water partition coefficient (Wildman–Crippen LogP) is 0.181. The molecule has 6 nitrogen and oxygen atoms in total. The normalized spacial score (nSPS) is 15.3. The zero-order valence-electron chi connectivity index (χ0n) is 14.7. The van der Waals surface area contributed by atoms with Gasteiger partial charge in [-0.25, -0.2) is 0 Å². The van der Waals surface area contributed by atoms with Crippen molar-refractivity contribution >= 4 is 27.2 Å². The number of aromatic nitrogens is 3. The van der Waals surface area contributed by atoms with Crippen LogP contribution in [0.25, 0.3) is 11.3 Å². The van der Waals surface area contributed by atoms with E-state index in [9.17, 15) is 9.90 Å². The van der Waals surface area contributed by atoms with E-state index in [-0.39, 0.29) is 5.56 Å². The molecule has 7 heteroatoms. The fraction of sp³-hybridized carbons (Fsp3) is 0.500. The molecule has 0 saturated heterocycles. The van der Waals surface area contributed by atoms with Crippen molar-refractivity contribution in [3.8, 4) is 11.3 Å². The second-order valence-electron chi connectivity index (χ2n) is 6.95. The van der Waals surface area contributed by atoms with E-state index in [4.69, 9.17) is 4.98 Å². The molecule has 0 saturated carbocycles. The Morgan fingerprint density at radius 3 is 2.68 bits per heavy atom. The first kappa shape index (κ1) is 18.1. The van der Waals surface area contributed by atoms with Gasteiger partial charge in [-0.05, 0) is 0 Å². The zero-order chi connectivity index (χ0) is 18.0. The number of hydrogen-bond acceptors (Lipinski definition) is 5. The Hall–Kier alpha value is -1.65. The molecule has 2 atom stereocenters. The summed E-state index contributed by atoms with van der Waals surface area (Å²) in [5.41, 5.74) is 1.66. The zero-order valence-corrected chi connectivity index (χ0v) is 17.1. The quantitative estimate of drug-likeness (QED) is 0.721. The number of hydrogen-bond donors (Lipinski definition) is 1. The van der Waals surface area contributed by atoms with Crippen molar-refractivity contribution in [1.29, 1.82) is 0 Å². The molecule has 0 amide bonds. The van der Waals surface area contributed by atoms with Crippen molar-refractivity contribution < 1.29 is 5.11 Å². The second kappa shape index (κ2) is 7.71. The molecule has 3 heterocycles. The third kappa shape index (κ3) is 3.96. The molecule has 0 spiro atoms. The van der Waals surface area contributed by atoms with E-state index in [1.54, 1.807) is 17.0 Å². The molecular weight excluding hydrogens is 379 g/mol. The Morgan fingerprint density at radius 1 is 1.28 bits per heavy atom. The molecule has 0 fully saturated rings. The Labute approximate surface area is 156 Å². The number of aliphatic hydroxyl groups excluding tert-OH is 1. The molecule has 0 aromatic carbocycles. The number of nitrogens with zero attached hydrogens (tertiary/aromatic N) is 4. The summed E-state index contributed by atoms with van der Waals surface area (Å²) in [5, 5.41) is 10.3. The van der Waals surface area contributed by atoms with Crippen LogP contribution in [0.5, 0.6) is 0 Å². The average molecular weight is 404 g/mol.